The van der Waals surface area contributed by atoms with Gasteiger partial charge in [0.25, 0.3) is 11.5 Å². The molecule has 0 atom stereocenters. The quantitative estimate of drug-likeness (QED) is 0.645. The summed E-state index contributed by atoms with van der Waals surface area (Å²) < 4.78 is 17.1. The lowest BCUT2D eigenvalue weighted by Gasteiger charge is -2.06. The van der Waals surface area contributed by atoms with Crippen LogP contribution in [0.4, 0.5) is 0 Å². The van der Waals surface area contributed by atoms with E-state index in [1.54, 1.807) is 24.3 Å². The average Bonchev–Trinajstić information content (AvgIpc) is 3.05. The second-order valence-corrected chi connectivity index (χ2v) is 4.92. The molecule has 1 aliphatic rings. The minimum Gasteiger partial charge on any atom is -0.493 e. The topological polar surface area (TPSA) is 91.2 Å². The predicted molar refractivity (Wildman–Crippen MR) is 85.6 cm³/mol. The van der Waals surface area contributed by atoms with Gasteiger partial charge in [-0.1, -0.05) is 6.07 Å². The molecule has 0 bridgehead atoms. The smallest absolute Gasteiger partial charge is 0.260 e. The number of aromatic nitrogens is 1. The molecule has 1 aliphatic heterocycles. The molecule has 124 valence electrons. The highest BCUT2D eigenvalue weighted by atomic mass is 16.7. The highest BCUT2D eigenvalue weighted by Crippen LogP contribution is 2.41. The zero-order valence-corrected chi connectivity index (χ0v) is 12.9. The van der Waals surface area contributed by atoms with E-state index in [-0.39, 0.29) is 18.9 Å². The van der Waals surface area contributed by atoms with Gasteiger partial charge in [-0.2, -0.15) is 5.10 Å². The van der Waals surface area contributed by atoms with E-state index in [0.717, 1.165) is 0 Å². The van der Waals surface area contributed by atoms with Gasteiger partial charge in [-0.3, -0.25) is 9.59 Å². The summed E-state index contributed by atoms with van der Waals surface area (Å²) in [5, 5.41) is 3.88. The molecule has 0 saturated carbocycles. The Morgan fingerprint density at radius 1 is 1.42 bits per heavy atom. The van der Waals surface area contributed by atoms with Gasteiger partial charge in [0.15, 0.2) is 11.5 Å². The Hall–Kier alpha value is -3.29. The molecule has 0 unspecified atom stereocenters. The first-order valence-electron chi connectivity index (χ1n) is 7.12. The fraction of sp³-hybridized carbons (Fsp3) is 0.188. The molecule has 8 nitrogen and oxygen atoms in total. The highest BCUT2D eigenvalue weighted by Gasteiger charge is 2.19. The maximum absolute atomic E-state index is 11.8. The SMILES string of the molecule is COc1cc(/C=N\NC(=O)Cn2ccccc2=O)cc2c1OCO2. The molecule has 0 radical (unpaired) electrons. The number of hydrogen-bond donors (Lipinski definition) is 1. The van der Waals surface area contributed by atoms with E-state index in [0.29, 0.717) is 22.8 Å². The van der Waals surface area contributed by atoms with Gasteiger partial charge in [-0.05, 0) is 18.2 Å². The van der Waals surface area contributed by atoms with Crippen LogP contribution >= 0.6 is 0 Å². The van der Waals surface area contributed by atoms with E-state index in [1.807, 2.05) is 0 Å². The lowest BCUT2D eigenvalue weighted by Crippen LogP contribution is -2.28. The van der Waals surface area contributed by atoms with Gasteiger partial charge in [0.2, 0.25) is 12.5 Å². The van der Waals surface area contributed by atoms with E-state index in [2.05, 4.69) is 10.5 Å². The van der Waals surface area contributed by atoms with E-state index >= 15 is 0 Å². The third-order valence-electron chi connectivity index (χ3n) is 3.30. The number of hydrazone groups is 1. The zero-order valence-electron chi connectivity index (χ0n) is 12.9. The van der Waals surface area contributed by atoms with E-state index in [9.17, 15) is 9.59 Å². The van der Waals surface area contributed by atoms with Crippen LogP contribution in [-0.4, -0.2) is 30.6 Å². The molecule has 1 aromatic heterocycles. The zero-order chi connectivity index (χ0) is 16.9. The van der Waals surface area contributed by atoms with Crippen LogP contribution in [0, 0.1) is 0 Å². The van der Waals surface area contributed by atoms with Crippen molar-refractivity contribution in [2.75, 3.05) is 13.9 Å². The van der Waals surface area contributed by atoms with Crippen LogP contribution < -0.4 is 25.2 Å². The molecule has 8 heteroatoms. The van der Waals surface area contributed by atoms with Gasteiger partial charge >= 0.3 is 0 Å². The van der Waals surface area contributed by atoms with Gasteiger partial charge in [-0.25, -0.2) is 5.43 Å². The number of hydrogen-bond acceptors (Lipinski definition) is 6. The summed E-state index contributed by atoms with van der Waals surface area (Å²) in [6.45, 7) is 0.0241. The van der Waals surface area contributed by atoms with Crippen LogP contribution in [0.5, 0.6) is 17.2 Å². The van der Waals surface area contributed by atoms with Gasteiger partial charge in [0.05, 0.1) is 13.3 Å². The second-order valence-electron chi connectivity index (χ2n) is 4.92. The molecule has 2 heterocycles. The maximum atomic E-state index is 11.8. The molecule has 24 heavy (non-hydrogen) atoms. The van der Waals surface area contributed by atoms with Crippen LogP contribution in [0.2, 0.25) is 0 Å². The van der Waals surface area contributed by atoms with Gasteiger partial charge in [0, 0.05) is 17.8 Å². The van der Waals surface area contributed by atoms with Gasteiger partial charge < -0.3 is 18.8 Å². The first-order valence-corrected chi connectivity index (χ1v) is 7.12. The molecule has 1 amide bonds. The van der Waals surface area contributed by atoms with E-state index < -0.39 is 5.91 Å². The van der Waals surface area contributed by atoms with Crippen molar-refractivity contribution >= 4 is 12.1 Å². The van der Waals surface area contributed by atoms with E-state index in [4.69, 9.17) is 14.2 Å². The van der Waals surface area contributed by atoms with Crippen molar-refractivity contribution in [1.29, 1.82) is 0 Å². The summed E-state index contributed by atoms with van der Waals surface area (Å²) in [6.07, 6.45) is 2.99. The molecular formula is C16H15N3O5. The largest absolute Gasteiger partial charge is 0.493 e. The predicted octanol–water partition coefficient (Wildman–Crippen LogP) is 0.736. The first-order chi connectivity index (χ1) is 11.7. The molecule has 0 aliphatic carbocycles. The number of nitrogens with zero attached hydrogens (tertiary/aromatic N) is 2. The van der Waals surface area contributed by atoms with Crippen LogP contribution in [0.3, 0.4) is 0 Å². The van der Waals surface area contributed by atoms with Gasteiger partial charge in [0.1, 0.15) is 6.54 Å². The van der Waals surface area contributed by atoms with Gasteiger partial charge in [-0.15, -0.1) is 0 Å². The number of amides is 1. The molecular weight excluding hydrogens is 314 g/mol. The third-order valence-corrected chi connectivity index (χ3v) is 3.30. The Morgan fingerprint density at radius 2 is 2.29 bits per heavy atom. The number of carbonyl (C=O) groups is 1. The van der Waals surface area contributed by atoms with Crippen molar-refractivity contribution in [2.45, 2.75) is 6.54 Å². The Labute approximate surface area is 137 Å². The molecule has 3 rings (SSSR count). The second kappa shape index (κ2) is 6.86. The number of rotatable bonds is 5. The van der Waals surface area contributed by atoms with Crippen molar-refractivity contribution in [3.05, 3.63) is 52.4 Å². The van der Waals surface area contributed by atoms with Crippen molar-refractivity contribution in [1.82, 2.24) is 9.99 Å². The van der Waals surface area contributed by atoms with Crippen molar-refractivity contribution in [3.8, 4) is 17.2 Å². The summed E-state index contributed by atoms with van der Waals surface area (Å²) in [6, 6.07) is 8.11. The van der Waals surface area contributed by atoms with Crippen LogP contribution in [0.25, 0.3) is 0 Å². The summed E-state index contributed by atoms with van der Waals surface area (Å²) in [7, 11) is 1.53. The Morgan fingerprint density at radius 3 is 3.08 bits per heavy atom. The molecule has 1 N–H and O–H groups in total. The standard InChI is InChI=1S/C16H15N3O5/c1-22-12-6-11(7-13-16(12)24-10-23-13)8-17-18-14(20)9-19-5-3-2-4-15(19)21/h2-8H,9-10H2,1H3,(H,18,20)/b17-8-. The molecule has 2 aromatic rings. The summed E-state index contributed by atoms with van der Waals surface area (Å²) in [5.74, 6) is 1.21. The number of nitrogens with one attached hydrogen (secondary N) is 1. The third kappa shape index (κ3) is 3.37. The summed E-state index contributed by atoms with van der Waals surface area (Å²) >= 11 is 0. The summed E-state index contributed by atoms with van der Waals surface area (Å²) in [5.41, 5.74) is 2.79. The minimum atomic E-state index is -0.410. The highest BCUT2D eigenvalue weighted by molar-refractivity contribution is 5.84. The van der Waals surface area contributed by atoms with Crippen LogP contribution in [0.1, 0.15) is 5.56 Å². The Balaban J connectivity index is 1.65. The minimum absolute atomic E-state index is 0.110. The molecule has 1 aromatic carbocycles. The van der Waals surface area contributed by atoms with Crippen molar-refractivity contribution < 1.29 is 19.0 Å². The number of carbonyl (C=O) groups excluding carboxylic acids is 1. The lowest BCUT2D eigenvalue weighted by molar-refractivity contribution is -0.121. The Bertz CT molecular complexity index is 844. The number of pyridine rings is 1. The van der Waals surface area contributed by atoms with Crippen LogP contribution in [0.15, 0.2) is 46.4 Å². The summed E-state index contributed by atoms with van der Waals surface area (Å²) in [4.78, 5) is 23.3. The maximum Gasteiger partial charge on any atom is 0.260 e. The molecule has 0 fully saturated rings. The van der Waals surface area contributed by atoms with Crippen molar-refractivity contribution in [3.63, 3.8) is 0 Å². The van der Waals surface area contributed by atoms with E-state index in [1.165, 1.54) is 30.2 Å². The number of methoxy groups -OCH3 is 1. The van der Waals surface area contributed by atoms with Crippen molar-refractivity contribution in [2.24, 2.45) is 5.10 Å². The van der Waals surface area contributed by atoms with Crippen LogP contribution in [-0.2, 0) is 11.3 Å². The first kappa shape index (κ1) is 15.6. The number of benzene rings is 1. The molecule has 0 spiro atoms. The number of ether oxygens (including phenoxy) is 3. The monoisotopic (exact) mass is 329 g/mol. The normalized spacial score (nSPS) is 12.4. The lowest BCUT2D eigenvalue weighted by atomic mass is 10.2. The fourth-order valence-electron chi connectivity index (χ4n) is 2.18. The fourth-order valence-corrected chi connectivity index (χ4v) is 2.18. The average molecular weight is 329 g/mol. The Kier molecular flexibility index (Phi) is 4.46. The molecule has 0 saturated heterocycles. The number of fused-ring (bicyclic) bond motifs is 1.